The SMILES string of the molecule is Cc1cc(NCCS(C)(=O)=O)c2ccccc2n1. The number of aryl methyl sites for hydroxylation is 1. The zero-order chi connectivity index (χ0) is 13.2. The molecule has 0 aliphatic heterocycles. The number of nitrogens with one attached hydrogen (secondary N) is 1. The summed E-state index contributed by atoms with van der Waals surface area (Å²) in [6.07, 6.45) is 1.24. The van der Waals surface area contributed by atoms with Gasteiger partial charge in [-0.05, 0) is 19.1 Å². The summed E-state index contributed by atoms with van der Waals surface area (Å²) in [5.41, 5.74) is 2.76. The van der Waals surface area contributed by atoms with Crippen molar-refractivity contribution in [2.75, 3.05) is 23.9 Å². The van der Waals surface area contributed by atoms with Crippen molar-refractivity contribution in [3.8, 4) is 0 Å². The van der Waals surface area contributed by atoms with Crippen LogP contribution >= 0.6 is 0 Å². The molecule has 0 aliphatic carbocycles. The van der Waals surface area contributed by atoms with Gasteiger partial charge < -0.3 is 5.32 Å². The molecule has 0 bridgehead atoms. The van der Waals surface area contributed by atoms with Crippen LogP contribution in [0.25, 0.3) is 10.9 Å². The standard InChI is InChI=1S/C13H16N2O2S/c1-10-9-13(14-7-8-18(2,16)17)11-5-3-4-6-12(11)15-10/h3-6,9H,7-8H2,1-2H3,(H,14,15). The molecule has 5 heteroatoms. The molecule has 0 amide bonds. The summed E-state index contributed by atoms with van der Waals surface area (Å²) in [5.74, 6) is 0.128. The van der Waals surface area contributed by atoms with Crippen molar-refractivity contribution >= 4 is 26.4 Å². The third-order valence-electron chi connectivity index (χ3n) is 2.63. The second kappa shape index (κ2) is 4.94. The highest BCUT2D eigenvalue weighted by Gasteiger charge is 2.05. The summed E-state index contributed by atoms with van der Waals surface area (Å²) in [6.45, 7) is 2.33. The molecule has 0 unspecified atom stereocenters. The fourth-order valence-corrected chi connectivity index (χ4v) is 2.30. The molecule has 0 atom stereocenters. The van der Waals surface area contributed by atoms with E-state index in [0.29, 0.717) is 6.54 Å². The summed E-state index contributed by atoms with van der Waals surface area (Å²) >= 11 is 0. The Kier molecular flexibility index (Phi) is 3.52. The molecule has 1 aromatic carbocycles. The third-order valence-corrected chi connectivity index (χ3v) is 3.58. The largest absolute Gasteiger partial charge is 0.383 e. The molecule has 96 valence electrons. The van der Waals surface area contributed by atoms with Crippen LogP contribution in [0.3, 0.4) is 0 Å². The van der Waals surface area contributed by atoms with Crippen molar-refractivity contribution in [2.24, 2.45) is 0 Å². The van der Waals surface area contributed by atoms with E-state index in [9.17, 15) is 8.42 Å². The average molecular weight is 264 g/mol. The number of rotatable bonds is 4. The number of fused-ring (bicyclic) bond motifs is 1. The summed E-state index contributed by atoms with van der Waals surface area (Å²) in [4.78, 5) is 4.43. The normalized spacial score (nSPS) is 11.7. The van der Waals surface area contributed by atoms with E-state index in [-0.39, 0.29) is 5.75 Å². The van der Waals surface area contributed by atoms with Crippen LogP contribution in [0.5, 0.6) is 0 Å². The summed E-state index contributed by atoms with van der Waals surface area (Å²) in [7, 11) is -2.94. The lowest BCUT2D eigenvalue weighted by molar-refractivity contribution is 0.602. The van der Waals surface area contributed by atoms with Crippen molar-refractivity contribution in [3.63, 3.8) is 0 Å². The van der Waals surface area contributed by atoms with Crippen molar-refractivity contribution in [1.29, 1.82) is 0 Å². The van der Waals surface area contributed by atoms with E-state index in [1.165, 1.54) is 6.26 Å². The Morgan fingerprint density at radius 2 is 2.00 bits per heavy atom. The van der Waals surface area contributed by atoms with Gasteiger partial charge in [0.2, 0.25) is 0 Å². The van der Waals surface area contributed by atoms with Crippen LogP contribution in [-0.2, 0) is 9.84 Å². The molecular formula is C13H16N2O2S. The van der Waals surface area contributed by atoms with Crippen LogP contribution in [0.1, 0.15) is 5.69 Å². The number of aromatic nitrogens is 1. The molecule has 0 saturated heterocycles. The van der Waals surface area contributed by atoms with E-state index in [1.807, 2.05) is 37.3 Å². The predicted octanol–water partition coefficient (Wildman–Crippen LogP) is 2.00. The van der Waals surface area contributed by atoms with Crippen LogP contribution in [0, 0.1) is 6.92 Å². The first kappa shape index (κ1) is 12.8. The van der Waals surface area contributed by atoms with Gasteiger partial charge in [-0.2, -0.15) is 0 Å². The first-order valence-corrected chi connectivity index (χ1v) is 7.80. The Balaban J connectivity index is 2.27. The predicted molar refractivity (Wildman–Crippen MR) is 74.7 cm³/mol. The molecule has 0 radical (unpaired) electrons. The monoisotopic (exact) mass is 264 g/mol. The minimum atomic E-state index is -2.94. The van der Waals surface area contributed by atoms with Gasteiger partial charge in [0.05, 0.1) is 11.3 Å². The average Bonchev–Trinajstić information content (AvgIpc) is 2.27. The zero-order valence-electron chi connectivity index (χ0n) is 10.5. The van der Waals surface area contributed by atoms with E-state index in [4.69, 9.17) is 0 Å². The number of hydrogen-bond donors (Lipinski definition) is 1. The van der Waals surface area contributed by atoms with E-state index >= 15 is 0 Å². The molecule has 0 aliphatic rings. The summed E-state index contributed by atoms with van der Waals surface area (Å²) < 4.78 is 22.2. The summed E-state index contributed by atoms with van der Waals surface area (Å²) in [5, 5.41) is 4.18. The Morgan fingerprint density at radius 1 is 1.28 bits per heavy atom. The van der Waals surface area contributed by atoms with Gasteiger partial charge in [0, 0.05) is 29.6 Å². The number of hydrogen-bond acceptors (Lipinski definition) is 4. The molecule has 2 aromatic rings. The molecule has 0 fully saturated rings. The highest BCUT2D eigenvalue weighted by Crippen LogP contribution is 2.22. The maximum atomic E-state index is 11.1. The van der Waals surface area contributed by atoms with Crippen LogP contribution in [0.15, 0.2) is 30.3 Å². The zero-order valence-corrected chi connectivity index (χ0v) is 11.3. The molecular weight excluding hydrogens is 248 g/mol. The lowest BCUT2D eigenvalue weighted by atomic mass is 10.1. The molecule has 18 heavy (non-hydrogen) atoms. The molecule has 0 saturated carbocycles. The first-order chi connectivity index (χ1) is 8.46. The topological polar surface area (TPSA) is 59.1 Å². The Bertz CT molecular complexity index is 666. The Morgan fingerprint density at radius 3 is 2.72 bits per heavy atom. The Hall–Kier alpha value is -1.62. The van der Waals surface area contributed by atoms with Crippen LogP contribution in [-0.4, -0.2) is 32.0 Å². The van der Waals surface area contributed by atoms with Crippen LogP contribution < -0.4 is 5.32 Å². The second-order valence-electron chi connectivity index (χ2n) is 4.38. The van der Waals surface area contributed by atoms with E-state index in [2.05, 4.69) is 10.3 Å². The second-order valence-corrected chi connectivity index (χ2v) is 6.64. The molecule has 1 heterocycles. The van der Waals surface area contributed by atoms with Gasteiger partial charge >= 0.3 is 0 Å². The van der Waals surface area contributed by atoms with Crippen molar-refractivity contribution in [1.82, 2.24) is 4.98 Å². The van der Waals surface area contributed by atoms with E-state index in [0.717, 1.165) is 22.3 Å². The number of anilines is 1. The van der Waals surface area contributed by atoms with Gasteiger partial charge in [0.15, 0.2) is 0 Å². The van der Waals surface area contributed by atoms with Gasteiger partial charge in [0.1, 0.15) is 9.84 Å². The van der Waals surface area contributed by atoms with Crippen LogP contribution in [0.2, 0.25) is 0 Å². The minimum Gasteiger partial charge on any atom is -0.383 e. The summed E-state index contributed by atoms with van der Waals surface area (Å²) in [6, 6.07) is 9.75. The van der Waals surface area contributed by atoms with Gasteiger partial charge in [-0.25, -0.2) is 8.42 Å². The quantitative estimate of drug-likeness (QED) is 0.917. The molecule has 4 nitrogen and oxygen atoms in total. The fourth-order valence-electron chi connectivity index (χ4n) is 1.83. The highest BCUT2D eigenvalue weighted by molar-refractivity contribution is 7.90. The first-order valence-electron chi connectivity index (χ1n) is 5.74. The van der Waals surface area contributed by atoms with Gasteiger partial charge in [0.25, 0.3) is 0 Å². The number of benzene rings is 1. The van der Waals surface area contributed by atoms with Crippen molar-refractivity contribution in [3.05, 3.63) is 36.0 Å². The minimum absolute atomic E-state index is 0.128. The number of nitrogens with zero attached hydrogens (tertiary/aromatic N) is 1. The maximum absolute atomic E-state index is 11.1. The molecule has 2 rings (SSSR count). The molecule has 1 aromatic heterocycles. The van der Waals surface area contributed by atoms with Gasteiger partial charge in [-0.1, -0.05) is 18.2 Å². The molecule has 0 spiro atoms. The smallest absolute Gasteiger partial charge is 0.149 e. The number of pyridine rings is 1. The number of para-hydroxylation sites is 1. The highest BCUT2D eigenvalue weighted by atomic mass is 32.2. The van der Waals surface area contributed by atoms with Crippen molar-refractivity contribution in [2.45, 2.75) is 6.92 Å². The van der Waals surface area contributed by atoms with Crippen molar-refractivity contribution < 1.29 is 8.42 Å². The van der Waals surface area contributed by atoms with Gasteiger partial charge in [-0.15, -0.1) is 0 Å². The lowest BCUT2D eigenvalue weighted by Gasteiger charge is -2.10. The maximum Gasteiger partial charge on any atom is 0.149 e. The van der Waals surface area contributed by atoms with E-state index < -0.39 is 9.84 Å². The lowest BCUT2D eigenvalue weighted by Crippen LogP contribution is -2.14. The third kappa shape index (κ3) is 3.20. The fraction of sp³-hybridized carbons (Fsp3) is 0.308. The Labute approximate surface area is 107 Å². The van der Waals surface area contributed by atoms with E-state index in [1.54, 1.807) is 0 Å². The molecule has 1 N–H and O–H groups in total. The van der Waals surface area contributed by atoms with Crippen LogP contribution in [0.4, 0.5) is 5.69 Å². The number of sulfone groups is 1. The van der Waals surface area contributed by atoms with Gasteiger partial charge in [-0.3, -0.25) is 4.98 Å².